The number of carbonyl (C=O) groups is 2. The number of rotatable bonds is 11. The number of amides is 2. The van der Waals surface area contributed by atoms with Gasteiger partial charge in [0.15, 0.2) is 0 Å². The molecule has 32 heavy (non-hydrogen) atoms. The quantitative estimate of drug-likeness (QED) is 0.378. The molecule has 0 saturated carbocycles. The van der Waals surface area contributed by atoms with Gasteiger partial charge in [0, 0.05) is 39.6 Å². The van der Waals surface area contributed by atoms with E-state index in [1.165, 1.54) is 0 Å². The minimum absolute atomic E-state index is 0.0369. The van der Waals surface area contributed by atoms with E-state index in [1.807, 2.05) is 20.8 Å². The lowest BCUT2D eigenvalue weighted by atomic mass is 10.1. The molecule has 174 valence electrons. The van der Waals surface area contributed by atoms with Crippen molar-refractivity contribution in [2.75, 3.05) is 6.61 Å². The lowest BCUT2D eigenvalue weighted by Gasteiger charge is -2.31. The molecule has 1 unspecified atom stereocenters. The standard InChI is InChI=1S/C24H29Cl3N2O3/c1-4-22(24(31)28-16(2)3)29(15-19-20(26)7-5-8-21(19)27)23(30)9-6-14-32-18-12-10-17(25)11-13-18/h5,7-8,10-13,16,22H,4,6,9,14-15H2,1-3H3,(H,28,31). The summed E-state index contributed by atoms with van der Waals surface area (Å²) in [6.45, 7) is 6.16. The molecule has 0 saturated heterocycles. The molecule has 0 fully saturated rings. The average molecular weight is 500 g/mol. The van der Waals surface area contributed by atoms with Gasteiger partial charge < -0.3 is 15.0 Å². The predicted octanol–water partition coefficient (Wildman–Crippen LogP) is 6.14. The highest BCUT2D eigenvalue weighted by Gasteiger charge is 2.29. The number of benzene rings is 2. The molecule has 5 nitrogen and oxygen atoms in total. The van der Waals surface area contributed by atoms with Gasteiger partial charge in [-0.2, -0.15) is 0 Å². The van der Waals surface area contributed by atoms with Gasteiger partial charge in [-0.05, 0) is 63.1 Å². The molecule has 2 rings (SSSR count). The minimum atomic E-state index is -0.630. The Balaban J connectivity index is 2.12. The molecular weight excluding hydrogens is 471 g/mol. The van der Waals surface area contributed by atoms with Crippen LogP contribution in [0.15, 0.2) is 42.5 Å². The topological polar surface area (TPSA) is 58.6 Å². The summed E-state index contributed by atoms with van der Waals surface area (Å²) in [4.78, 5) is 27.6. The van der Waals surface area contributed by atoms with Crippen LogP contribution in [0.4, 0.5) is 0 Å². The fourth-order valence-corrected chi connectivity index (χ4v) is 3.88. The Bertz CT molecular complexity index is 884. The zero-order valence-electron chi connectivity index (χ0n) is 18.5. The van der Waals surface area contributed by atoms with Crippen LogP contribution in [0.1, 0.15) is 45.6 Å². The molecule has 0 aromatic heterocycles. The molecule has 2 aromatic rings. The molecular formula is C24H29Cl3N2O3. The Morgan fingerprint density at radius 3 is 2.22 bits per heavy atom. The summed E-state index contributed by atoms with van der Waals surface area (Å²) in [7, 11) is 0. The molecule has 0 aliphatic heterocycles. The first-order chi connectivity index (χ1) is 15.2. The van der Waals surface area contributed by atoms with Gasteiger partial charge in [-0.15, -0.1) is 0 Å². The SMILES string of the molecule is CCC(C(=O)NC(C)C)N(Cc1c(Cl)cccc1Cl)C(=O)CCCOc1ccc(Cl)cc1. The van der Waals surface area contributed by atoms with Gasteiger partial charge in [-0.1, -0.05) is 47.8 Å². The second-order valence-electron chi connectivity index (χ2n) is 7.72. The highest BCUT2D eigenvalue weighted by Crippen LogP contribution is 2.27. The second-order valence-corrected chi connectivity index (χ2v) is 8.97. The first kappa shape index (κ1) is 26.3. The van der Waals surface area contributed by atoms with Crippen LogP contribution < -0.4 is 10.1 Å². The summed E-state index contributed by atoms with van der Waals surface area (Å²) in [5.41, 5.74) is 0.623. The van der Waals surface area contributed by atoms with Crippen molar-refractivity contribution in [1.29, 1.82) is 0 Å². The summed E-state index contributed by atoms with van der Waals surface area (Å²) in [6, 6.07) is 11.6. The zero-order valence-corrected chi connectivity index (χ0v) is 20.8. The van der Waals surface area contributed by atoms with Crippen molar-refractivity contribution in [1.82, 2.24) is 10.2 Å². The molecule has 8 heteroatoms. The first-order valence-electron chi connectivity index (χ1n) is 10.6. The van der Waals surface area contributed by atoms with Crippen LogP contribution in [0.5, 0.6) is 5.75 Å². The number of hydrogen-bond acceptors (Lipinski definition) is 3. The molecule has 2 aromatic carbocycles. The van der Waals surface area contributed by atoms with Crippen LogP contribution in [0.25, 0.3) is 0 Å². The number of carbonyl (C=O) groups excluding carboxylic acids is 2. The van der Waals surface area contributed by atoms with Gasteiger partial charge in [0.1, 0.15) is 11.8 Å². The van der Waals surface area contributed by atoms with E-state index in [2.05, 4.69) is 5.32 Å². The van der Waals surface area contributed by atoms with Crippen molar-refractivity contribution >= 4 is 46.6 Å². The van der Waals surface area contributed by atoms with E-state index in [0.717, 1.165) is 0 Å². The Hall–Kier alpha value is -1.95. The average Bonchev–Trinajstić information content (AvgIpc) is 2.73. The first-order valence-corrected chi connectivity index (χ1v) is 11.8. The van der Waals surface area contributed by atoms with Gasteiger partial charge in [0.2, 0.25) is 11.8 Å². The van der Waals surface area contributed by atoms with Crippen molar-refractivity contribution < 1.29 is 14.3 Å². The molecule has 0 spiro atoms. The van der Waals surface area contributed by atoms with Gasteiger partial charge in [0.05, 0.1) is 6.61 Å². The number of hydrogen-bond donors (Lipinski definition) is 1. The largest absolute Gasteiger partial charge is 0.494 e. The highest BCUT2D eigenvalue weighted by molar-refractivity contribution is 6.36. The van der Waals surface area contributed by atoms with Crippen molar-refractivity contribution in [3.8, 4) is 5.75 Å². The summed E-state index contributed by atoms with van der Waals surface area (Å²) in [6.07, 6.45) is 1.19. The van der Waals surface area contributed by atoms with E-state index in [4.69, 9.17) is 39.5 Å². The summed E-state index contributed by atoms with van der Waals surface area (Å²) >= 11 is 18.6. The molecule has 0 heterocycles. The molecule has 2 amide bonds. The third-order valence-electron chi connectivity index (χ3n) is 4.82. The van der Waals surface area contributed by atoms with E-state index in [9.17, 15) is 9.59 Å². The van der Waals surface area contributed by atoms with Gasteiger partial charge in [0.25, 0.3) is 0 Å². The monoisotopic (exact) mass is 498 g/mol. The van der Waals surface area contributed by atoms with Crippen LogP contribution in [0, 0.1) is 0 Å². The highest BCUT2D eigenvalue weighted by atomic mass is 35.5. The van der Waals surface area contributed by atoms with Gasteiger partial charge >= 0.3 is 0 Å². The lowest BCUT2D eigenvalue weighted by molar-refractivity contribution is -0.141. The fourth-order valence-electron chi connectivity index (χ4n) is 3.24. The minimum Gasteiger partial charge on any atom is -0.494 e. The molecule has 1 N–H and O–H groups in total. The van der Waals surface area contributed by atoms with Crippen molar-refractivity contribution in [3.63, 3.8) is 0 Å². The summed E-state index contributed by atoms with van der Waals surface area (Å²) in [5, 5.41) is 4.45. The van der Waals surface area contributed by atoms with Crippen molar-refractivity contribution in [2.24, 2.45) is 0 Å². The number of nitrogens with zero attached hydrogens (tertiary/aromatic N) is 1. The Morgan fingerprint density at radius 2 is 1.66 bits per heavy atom. The number of nitrogens with one attached hydrogen (secondary N) is 1. The Morgan fingerprint density at radius 1 is 1.03 bits per heavy atom. The van der Waals surface area contributed by atoms with Gasteiger partial charge in [-0.25, -0.2) is 0 Å². The second kappa shape index (κ2) is 12.9. The van der Waals surface area contributed by atoms with Gasteiger partial charge in [-0.3, -0.25) is 9.59 Å². The zero-order chi connectivity index (χ0) is 23.7. The van der Waals surface area contributed by atoms with E-state index in [0.29, 0.717) is 45.8 Å². The van der Waals surface area contributed by atoms with Crippen molar-refractivity contribution in [3.05, 3.63) is 63.1 Å². The third-order valence-corrected chi connectivity index (χ3v) is 5.78. The lowest BCUT2D eigenvalue weighted by Crippen LogP contribution is -2.50. The Kier molecular flexibility index (Phi) is 10.6. The van der Waals surface area contributed by atoms with E-state index in [1.54, 1.807) is 47.4 Å². The third kappa shape index (κ3) is 7.88. The fraction of sp³-hybridized carbons (Fsp3) is 0.417. The molecule has 0 bridgehead atoms. The molecule has 0 radical (unpaired) electrons. The predicted molar refractivity (Wildman–Crippen MR) is 131 cm³/mol. The Labute approximate surface area is 205 Å². The molecule has 0 aliphatic rings. The normalized spacial score (nSPS) is 11.8. The summed E-state index contributed by atoms with van der Waals surface area (Å²) in [5.74, 6) is 0.326. The number of ether oxygens (including phenoxy) is 1. The number of halogens is 3. The maximum atomic E-state index is 13.2. The van der Waals surface area contributed by atoms with E-state index in [-0.39, 0.29) is 30.8 Å². The maximum Gasteiger partial charge on any atom is 0.243 e. The van der Waals surface area contributed by atoms with Crippen LogP contribution >= 0.6 is 34.8 Å². The molecule has 1 atom stereocenters. The van der Waals surface area contributed by atoms with Crippen molar-refractivity contribution in [2.45, 2.75) is 58.7 Å². The van der Waals surface area contributed by atoms with Crippen LogP contribution in [0.2, 0.25) is 15.1 Å². The van der Waals surface area contributed by atoms with E-state index >= 15 is 0 Å². The smallest absolute Gasteiger partial charge is 0.243 e. The summed E-state index contributed by atoms with van der Waals surface area (Å²) < 4.78 is 5.68. The van der Waals surface area contributed by atoms with E-state index < -0.39 is 6.04 Å². The van der Waals surface area contributed by atoms with Crippen LogP contribution in [-0.2, 0) is 16.1 Å². The maximum absolute atomic E-state index is 13.2. The van der Waals surface area contributed by atoms with Crippen LogP contribution in [-0.4, -0.2) is 35.4 Å². The molecule has 0 aliphatic carbocycles. The van der Waals surface area contributed by atoms with Crippen LogP contribution in [0.3, 0.4) is 0 Å².